The van der Waals surface area contributed by atoms with Crippen LogP contribution >= 0.6 is 11.3 Å². The van der Waals surface area contributed by atoms with E-state index in [9.17, 15) is 26.3 Å². The predicted molar refractivity (Wildman–Crippen MR) is 126 cm³/mol. The van der Waals surface area contributed by atoms with Crippen LogP contribution in [0.5, 0.6) is 0 Å². The largest absolute Gasteiger partial charge is 0.490 e. The predicted octanol–water partition coefficient (Wildman–Crippen LogP) is 3.28. The number of rotatable bonds is 4. The van der Waals surface area contributed by atoms with Gasteiger partial charge in [0, 0.05) is 68.3 Å². The molecule has 2 aromatic heterocycles. The topological polar surface area (TPSA) is 102 Å². The number of fused-ring (bicyclic) bond motifs is 1. The number of carboxylic acids is 2. The molecule has 1 saturated heterocycles. The maximum absolute atomic E-state index is 10.6. The number of thiophene rings is 1. The van der Waals surface area contributed by atoms with Crippen LogP contribution in [0.3, 0.4) is 0 Å². The summed E-state index contributed by atoms with van der Waals surface area (Å²) in [4.78, 5) is 33.0. The summed E-state index contributed by atoms with van der Waals surface area (Å²) < 4.78 is 65.8. The molecule has 9 nitrogen and oxygen atoms in total. The molecular weight excluding hydrogens is 544 g/mol. The molecule has 2 aromatic rings. The van der Waals surface area contributed by atoms with Gasteiger partial charge in [-0.05, 0) is 26.1 Å². The minimum atomic E-state index is -5.08. The van der Waals surface area contributed by atoms with Gasteiger partial charge in [-0.3, -0.25) is 9.80 Å². The minimum absolute atomic E-state index is 0.972. The zero-order valence-corrected chi connectivity index (χ0v) is 21.5. The molecule has 2 N–H and O–H groups in total. The normalized spacial score (nSPS) is 17.1. The highest BCUT2D eigenvalue weighted by molar-refractivity contribution is 7.11. The van der Waals surface area contributed by atoms with Gasteiger partial charge < -0.3 is 19.7 Å². The van der Waals surface area contributed by atoms with Crippen molar-refractivity contribution in [2.24, 2.45) is 0 Å². The summed E-state index contributed by atoms with van der Waals surface area (Å²) in [5.41, 5.74) is 1.24. The number of carboxylic acid groups (broad SMARTS) is 2. The molecule has 4 rings (SSSR count). The first kappa shape index (κ1) is 31.5. The Bertz CT molecular complexity index is 1040. The first-order chi connectivity index (χ1) is 17.5. The Labute approximate surface area is 218 Å². The molecule has 0 amide bonds. The molecule has 0 radical (unpaired) electrons. The monoisotopic (exact) mass is 573 g/mol. The van der Waals surface area contributed by atoms with Crippen LogP contribution in [0.2, 0.25) is 0 Å². The molecule has 0 spiro atoms. The van der Waals surface area contributed by atoms with Crippen molar-refractivity contribution in [2.45, 2.75) is 45.5 Å². The van der Waals surface area contributed by atoms with Gasteiger partial charge in [-0.25, -0.2) is 14.6 Å². The highest BCUT2D eigenvalue weighted by Gasteiger charge is 2.38. The third-order valence-corrected chi connectivity index (χ3v) is 6.56. The number of hydrogen-bond donors (Lipinski definition) is 2. The van der Waals surface area contributed by atoms with Gasteiger partial charge >= 0.3 is 24.3 Å². The second-order valence-electron chi connectivity index (χ2n) is 8.75. The molecule has 0 bridgehead atoms. The summed E-state index contributed by atoms with van der Waals surface area (Å²) >= 11 is 1.91. The number of carbonyl (C=O) groups is 2. The molecule has 1 fully saturated rings. The van der Waals surface area contributed by atoms with Crippen LogP contribution in [0.15, 0.2) is 18.3 Å². The van der Waals surface area contributed by atoms with Crippen molar-refractivity contribution < 1.29 is 46.1 Å². The maximum atomic E-state index is 10.6. The lowest BCUT2D eigenvalue weighted by molar-refractivity contribution is -0.193. The Kier molecular flexibility index (Phi) is 11.1. The van der Waals surface area contributed by atoms with E-state index in [0.29, 0.717) is 0 Å². The van der Waals surface area contributed by atoms with E-state index in [0.717, 1.165) is 45.8 Å². The van der Waals surface area contributed by atoms with Crippen LogP contribution < -0.4 is 0 Å². The summed E-state index contributed by atoms with van der Waals surface area (Å²) in [6, 6.07) is 4.49. The van der Waals surface area contributed by atoms with E-state index in [1.54, 1.807) is 0 Å². The van der Waals surface area contributed by atoms with Crippen LogP contribution in [0, 0.1) is 6.92 Å². The molecule has 2 aliphatic heterocycles. The van der Waals surface area contributed by atoms with E-state index < -0.39 is 24.3 Å². The highest BCUT2D eigenvalue weighted by atomic mass is 32.1. The van der Waals surface area contributed by atoms with Crippen LogP contribution in [-0.2, 0) is 35.8 Å². The second kappa shape index (κ2) is 13.4. The lowest BCUT2D eigenvalue weighted by atomic mass is 10.3. The van der Waals surface area contributed by atoms with Gasteiger partial charge in [0.15, 0.2) is 0 Å². The van der Waals surface area contributed by atoms with Gasteiger partial charge in [-0.1, -0.05) is 0 Å². The molecule has 0 unspecified atom stereocenters. The van der Waals surface area contributed by atoms with Gasteiger partial charge in [-0.2, -0.15) is 26.3 Å². The van der Waals surface area contributed by atoms with Gasteiger partial charge in [0.1, 0.15) is 5.82 Å². The Morgan fingerprint density at radius 1 is 0.895 bits per heavy atom. The SMILES string of the molecule is Cc1ccc(CN2CCn3cc(CN4CCN(C)CC4)nc3C2)s1.O=C(O)C(F)(F)F.O=C(O)C(F)(F)F. The average Bonchev–Trinajstić information content (AvgIpc) is 3.39. The lowest BCUT2D eigenvalue weighted by Gasteiger charge is -2.31. The number of aryl methyl sites for hydroxylation is 1. The van der Waals surface area contributed by atoms with Gasteiger partial charge in [0.2, 0.25) is 0 Å². The fraction of sp³-hybridized carbons (Fsp3) is 0.591. The summed E-state index contributed by atoms with van der Waals surface area (Å²) in [5, 5.41) is 14.2. The molecule has 4 heterocycles. The fourth-order valence-corrected chi connectivity index (χ4v) is 4.53. The van der Waals surface area contributed by atoms with E-state index in [2.05, 4.69) is 51.6 Å². The van der Waals surface area contributed by atoms with Gasteiger partial charge in [0.25, 0.3) is 0 Å². The molecule has 0 saturated carbocycles. The van der Waals surface area contributed by atoms with Crippen LogP contribution in [-0.4, -0.2) is 98.5 Å². The van der Waals surface area contributed by atoms with E-state index in [4.69, 9.17) is 24.8 Å². The summed E-state index contributed by atoms with van der Waals surface area (Å²) in [6.45, 7) is 12.0. The number of aliphatic carboxylic acids is 2. The van der Waals surface area contributed by atoms with Crippen molar-refractivity contribution in [2.75, 3.05) is 39.8 Å². The second-order valence-corrected chi connectivity index (χ2v) is 10.1. The molecule has 0 aliphatic carbocycles. The molecule has 214 valence electrons. The lowest BCUT2D eigenvalue weighted by Crippen LogP contribution is -2.43. The summed E-state index contributed by atoms with van der Waals surface area (Å²) in [5.74, 6) is -4.28. The van der Waals surface area contributed by atoms with Crippen molar-refractivity contribution in [3.8, 4) is 0 Å². The van der Waals surface area contributed by atoms with E-state index in [-0.39, 0.29) is 0 Å². The van der Waals surface area contributed by atoms with Gasteiger partial charge in [0.05, 0.1) is 12.2 Å². The zero-order valence-electron chi connectivity index (χ0n) is 20.7. The van der Waals surface area contributed by atoms with Crippen LogP contribution in [0.25, 0.3) is 0 Å². The number of nitrogens with zero attached hydrogens (tertiary/aromatic N) is 5. The Morgan fingerprint density at radius 3 is 1.89 bits per heavy atom. The van der Waals surface area contributed by atoms with E-state index >= 15 is 0 Å². The quantitative estimate of drug-likeness (QED) is 0.538. The number of alkyl halides is 6. The molecule has 16 heteroatoms. The fourth-order valence-electron chi connectivity index (χ4n) is 3.60. The number of likely N-dealkylation sites (N-methyl/N-ethyl adjacent to an activating group) is 1. The number of piperazine rings is 1. The highest BCUT2D eigenvalue weighted by Crippen LogP contribution is 2.21. The molecule has 2 aliphatic rings. The van der Waals surface area contributed by atoms with E-state index in [1.807, 2.05) is 11.3 Å². The number of hydrogen-bond acceptors (Lipinski definition) is 7. The van der Waals surface area contributed by atoms with Crippen LogP contribution in [0.1, 0.15) is 21.3 Å². The molecule has 0 atom stereocenters. The molecule has 38 heavy (non-hydrogen) atoms. The smallest absolute Gasteiger partial charge is 0.475 e. The molecule has 0 aromatic carbocycles. The van der Waals surface area contributed by atoms with Gasteiger partial charge in [-0.15, -0.1) is 11.3 Å². The average molecular weight is 574 g/mol. The Hall–Kier alpha value is -2.69. The van der Waals surface area contributed by atoms with Crippen molar-refractivity contribution in [3.63, 3.8) is 0 Å². The molecular formula is C22H29F6N5O4S. The third kappa shape index (κ3) is 10.6. The summed E-state index contributed by atoms with van der Waals surface area (Å²) in [6.07, 6.45) is -7.89. The van der Waals surface area contributed by atoms with Crippen molar-refractivity contribution in [3.05, 3.63) is 39.6 Å². The third-order valence-electron chi connectivity index (χ3n) is 5.57. The van der Waals surface area contributed by atoms with Crippen molar-refractivity contribution >= 4 is 23.3 Å². The number of imidazole rings is 1. The van der Waals surface area contributed by atoms with E-state index in [1.165, 1.54) is 34.4 Å². The standard InChI is InChI=1S/C18H27N5S.2C2HF3O2/c1-15-3-4-17(24-15)13-22-9-10-23-12-16(19-18(23)14-22)11-21-7-5-20(2)6-8-21;2*3-2(4,5)1(6)7/h3-4,12H,5-11,13-14H2,1-2H3;2*(H,6,7). The Balaban J connectivity index is 0.000000301. The minimum Gasteiger partial charge on any atom is -0.475 e. The van der Waals surface area contributed by atoms with Crippen molar-refractivity contribution in [1.82, 2.24) is 24.3 Å². The van der Waals surface area contributed by atoms with Crippen LogP contribution in [0.4, 0.5) is 26.3 Å². The maximum Gasteiger partial charge on any atom is 0.490 e. The summed E-state index contributed by atoms with van der Waals surface area (Å²) in [7, 11) is 2.20. The Morgan fingerprint density at radius 2 is 1.42 bits per heavy atom. The zero-order chi connectivity index (χ0) is 28.7. The first-order valence-electron chi connectivity index (χ1n) is 11.4. The van der Waals surface area contributed by atoms with Crippen molar-refractivity contribution in [1.29, 1.82) is 0 Å². The number of aromatic nitrogens is 2. The first-order valence-corrected chi connectivity index (χ1v) is 12.2. The number of halogens is 6.